The number of carbonyl (C=O) groups is 2. The van der Waals surface area contributed by atoms with E-state index in [1.807, 2.05) is 24.3 Å². The maximum atomic E-state index is 13.6. The number of benzene rings is 2. The number of rotatable bonds is 7. The highest BCUT2D eigenvalue weighted by Gasteiger charge is 2.14. The molecule has 3 rings (SSSR count). The van der Waals surface area contributed by atoms with Gasteiger partial charge in [0.15, 0.2) is 0 Å². The second-order valence-corrected chi connectivity index (χ2v) is 7.88. The summed E-state index contributed by atoms with van der Waals surface area (Å²) >= 11 is 4.78. The van der Waals surface area contributed by atoms with Crippen LogP contribution >= 0.6 is 27.7 Å². The summed E-state index contributed by atoms with van der Waals surface area (Å²) in [6.45, 7) is 0.380. The first-order valence-corrected chi connectivity index (χ1v) is 10.3. The number of aromatic nitrogens is 1. The van der Waals surface area contributed by atoms with Gasteiger partial charge in [-0.15, -0.1) is 0 Å². The van der Waals surface area contributed by atoms with Crippen LogP contribution in [-0.2, 0) is 0 Å². The zero-order valence-corrected chi connectivity index (χ0v) is 17.6. The molecule has 8 heteroatoms. The lowest BCUT2D eigenvalue weighted by Gasteiger charge is -2.10. The van der Waals surface area contributed by atoms with Gasteiger partial charge in [0.05, 0.1) is 11.1 Å². The normalized spacial score (nSPS) is 10.4. The Labute approximate surface area is 180 Å². The van der Waals surface area contributed by atoms with Crippen molar-refractivity contribution in [2.75, 3.05) is 13.1 Å². The summed E-state index contributed by atoms with van der Waals surface area (Å²) in [5.74, 6) is -1.40. The molecule has 0 atom stereocenters. The minimum Gasteiger partial charge on any atom is -0.350 e. The third-order valence-electron chi connectivity index (χ3n) is 3.86. The van der Waals surface area contributed by atoms with E-state index in [9.17, 15) is 14.0 Å². The first-order valence-electron chi connectivity index (χ1n) is 8.74. The molecule has 29 heavy (non-hydrogen) atoms. The van der Waals surface area contributed by atoms with Gasteiger partial charge in [-0.1, -0.05) is 39.8 Å². The summed E-state index contributed by atoms with van der Waals surface area (Å²) in [6.07, 6.45) is 1.63. The van der Waals surface area contributed by atoms with Gasteiger partial charge in [-0.3, -0.25) is 9.59 Å². The van der Waals surface area contributed by atoms with E-state index in [2.05, 4.69) is 31.5 Å². The highest BCUT2D eigenvalue weighted by Crippen LogP contribution is 2.29. The van der Waals surface area contributed by atoms with Gasteiger partial charge in [-0.05, 0) is 48.5 Å². The molecule has 2 amide bonds. The van der Waals surface area contributed by atoms with E-state index in [1.165, 1.54) is 30.0 Å². The summed E-state index contributed by atoms with van der Waals surface area (Å²) in [4.78, 5) is 29.8. The molecule has 2 N–H and O–H groups in total. The van der Waals surface area contributed by atoms with Crippen molar-refractivity contribution in [1.82, 2.24) is 15.6 Å². The number of halogens is 2. The molecule has 0 unspecified atom stereocenters. The largest absolute Gasteiger partial charge is 0.350 e. The van der Waals surface area contributed by atoms with Gasteiger partial charge in [0, 0.05) is 28.7 Å². The fourth-order valence-electron chi connectivity index (χ4n) is 2.45. The fourth-order valence-corrected chi connectivity index (χ4v) is 3.59. The van der Waals surface area contributed by atoms with Crippen molar-refractivity contribution in [2.45, 2.75) is 9.92 Å². The van der Waals surface area contributed by atoms with E-state index >= 15 is 0 Å². The summed E-state index contributed by atoms with van der Waals surface area (Å²) < 4.78 is 14.6. The van der Waals surface area contributed by atoms with Crippen LogP contribution in [0, 0.1) is 5.82 Å². The van der Waals surface area contributed by atoms with E-state index in [1.54, 1.807) is 24.4 Å². The number of carbonyl (C=O) groups excluding carboxylic acids is 2. The van der Waals surface area contributed by atoms with Crippen LogP contribution < -0.4 is 10.6 Å². The topological polar surface area (TPSA) is 71.1 Å². The highest BCUT2D eigenvalue weighted by atomic mass is 79.9. The van der Waals surface area contributed by atoms with Crippen LogP contribution in [0.1, 0.15) is 20.7 Å². The second kappa shape index (κ2) is 10.2. The Morgan fingerprint density at radius 2 is 1.52 bits per heavy atom. The third kappa shape index (κ3) is 5.88. The number of amides is 2. The number of nitrogens with zero attached hydrogens (tertiary/aromatic N) is 1. The molecule has 0 saturated carbocycles. The molecule has 0 spiro atoms. The Bertz CT molecular complexity index is 1010. The lowest BCUT2D eigenvalue weighted by molar-refractivity contribution is 0.0923. The third-order valence-corrected chi connectivity index (χ3v) is 5.41. The zero-order valence-electron chi connectivity index (χ0n) is 15.2. The van der Waals surface area contributed by atoms with E-state index in [0.29, 0.717) is 10.6 Å². The molecular formula is C21H17BrFN3O2S. The predicted octanol–water partition coefficient (Wildman–Crippen LogP) is 4.29. The molecule has 1 heterocycles. The van der Waals surface area contributed by atoms with Crippen LogP contribution in [0.5, 0.6) is 0 Å². The minimum absolute atomic E-state index is 0.0285. The zero-order chi connectivity index (χ0) is 20.6. The van der Waals surface area contributed by atoms with Crippen molar-refractivity contribution >= 4 is 39.5 Å². The van der Waals surface area contributed by atoms with Gasteiger partial charge in [0.1, 0.15) is 10.8 Å². The first kappa shape index (κ1) is 21.0. The predicted molar refractivity (Wildman–Crippen MR) is 114 cm³/mol. The van der Waals surface area contributed by atoms with Gasteiger partial charge in [-0.2, -0.15) is 0 Å². The number of nitrogens with one attached hydrogen (secondary N) is 2. The molecule has 0 radical (unpaired) electrons. The average Bonchev–Trinajstić information content (AvgIpc) is 2.73. The maximum absolute atomic E-state index is 13.6. The molecule has 0 aliphatic heterocycles. The molecular weight excluding hydrogens is 457 g/mol. The van der Waals surface area contributed by atoms with Crippen molar-refractivity contribution in [3.05, 3.63) is 88.3 Å². The van der Waals surface area contributed by atoms with Crippen LogP contribution in [0.2, 0.25) is 0 Å². The average molecular weight is 474 g/mol. The minimum atomic E-state index is -0.584. The summed E-state index contributed by atoms with van der Waals surface area (Å²) in [5, 5.41) is 5.92. The SMILES string of the molecule is O=C(NCCNC(=O)c1cccnc1Sc1ccc(Br)cc1)c1ccccc1F. The summed E-state index contributed by atoms with van der Waals surface area (Å²) in [7, 11) is 0. The lowest BCUT2D eigenvalue weighted by Crippen LogP contribution is -2.35. The van der Waals surface area contributed by atoms with Crippen molar-refractivity contribution in [1.29, 1.82) is 0 Å². The Hall–Kier alpha value is -2.71. The smallest absolute Gasteiger partial charge is 0.254 e. The van der Waals surface area contributed by atoms with Crippen LogP contribution in [-0.4, -0.2) is 29.9 Å². The summed E-state index contributed by atoms with van der Waals surface area (Å²) in [6, 6.07) is 16.8. The fraction of sp³-hybridized carbons (Fsp3) is 0.0952. The van der Waals surface area contributed by atoms with Crippen LogP contribution in [0.25, 0.3) is 0 Å². The number of hydrogen-bond donors (Lipinski definition) is 2. The number of pyridine rings is 1. The highest BCUT2D eigenvalue weighted by molar-refractivity contribution is 9.10. The maximum Gasteiger partial charge on any atom is 0.254 e. The molecule has 1 aromatic heterocycles. The standard InChI is InChI=1S/C21H17BrFN3O2S/c22-14-7-9-15(10-8-14)29-21-17(5-3-11-26-21)20(28)25-13-12-24-19(27)16-4-1-2-6-18(16)23/h1-11H,12-13H2,(H,24,27)(H,25,28). The molecule has 0 aliphatic carbocycles. The van der Waals surface area contributed by atoms with E-state index in [4.69, 9.17) is 0 Å². The van der Waals surface area contributed by atoms with Crippen LogP contribution in [0.3, 0.4) is 0 Å². The van der Waals surface area contributed by atoms with Crippen molar-refractivity contribution in [3.8, 4) is 0 Å². The molecule has 5 nitrogen and oxygen atoms in total. The Kier molecular flexibility index (Phi) is 7.37. The van der Waals surface area contributed by atoms with Gasteiger partial charge in [-0.25, -0.2) is 9.37 Å². The molecule has 0 aliphatic rings. The quantitative estimate of drug-likeness (QED) is 0.502. The molecule has 0 bridgehead atoms. The van der Waals surface area contributed by atoms with Crippen LogP contribution in [0.15, 0.2) is 81.3 Å². The van der Waals surface area contributed by atoms with Gasteiger partial charge in [0.2, 0.25) is 0 Å². The van der Waals surface area contributed by atoms with Crippen molar-refractivity contribution in [3.63, 3.8) is 0 Å². The first-order chi connectivity index (χ1) is 14.0. The van der Waals surface area contributed by atoms with Gasteiger partial charge in [0.25, 0.3) is 11.8 Å². The Morgan fingerprint density at radius 3 is 2.21 bits per heavy atom. The monoisotopic (exact) mass is 473 g/mol. The van der Waals surface area contributed by atoms with E-state index in [-0.39, 0.29) is 24.6 Å². The van der Waals surface area contributed by atoms with Gasteiger partial charge < -0.3 is 10.6 Å². The molecule has 0 saturated heterocycles. The second-order valence-electron chi connectivity index (χ2n) is 5.90. The van der Waals surface area contributed by atoms with Crippen molar-refractivity contribution in [2.24, 2.45) is 0 Å². The molecule has 2 aromatic carbocycles. The number of hydrogen-bond acceptors (Lipinski definition) is 4. The van der Waals surface area contributed by atoms with E-state index < -0.39 is 11.7 Å². The van der Waals surface area contributed by atoms with E-state index in [0.717, 1.165) is 9.37 Å². The Balaban J connectivity index is 1.55. The van der Waals surface area contributed by atoms with Crippen LogP contribution in [0.4, 0.5) is 4.39 Å². The lowest BCUT2D eigenvalue weighted by atomic mass is 10.2. The van der Waals surface area contributed by atoms with Crippen molar-refractivity contribution < 1.29 is 14.0 Å². The Morgan fingerprint density at radius 1 is 0.897 bits per heavy atom. The molecule has 3 aromatic rings. The van der Waals surface area contributed by atoms with Gasteiger partial charge >= 0.3 is 0 Å². The molecule has 148 valence electrons. The summed E-state index contributed by atoms with van der Waals surface area (Å²) in [5.41, 5.74) is 0.417. The molecule has 0 fully saturated rings.